The van der Waals surface area contributed by atoms with Gasteiger partial charge in [0.2, 0.25) is 0 Å². The fourth-order valence-corrected chi connectivity index (χ4v) is 2.89. The molecule has 2 atom stereocenters. The maximum Gasteiger partial charge on any atom is 0.128 e. The standard InChI is InChI=1S/C15H20Cl2N2/c1-4-5-7-10(2)19-14-12(17)8-6-9-13(14)18-15(19)11(3)16/h6,8-11H,4-5,7H2,1-3H3. The number of imidazole rings is 1. The Kier molecular flexibility index (Phi) is 4.75. The summed E-state index contributed by atoms with van der Waals surface area (Å²) >= 11 is 12.6. The highest BCUT2D eigenvalue weighted by Gasteiger charge is 2.20. The van der Waals surface area contributed by atoms with Crippen molar-refractivity contribution in [3.05, 3.63) is 29.0 Å². The molecule has 0 saturated heterocycles. The first-order chi connectivity index (χ1) is 9.06. The summed E-state index contributed by atoms with van der Waals surface area (Å²) < 4.78 is 2.21. The van der Waals surface area contributed by atoms with E-state index in [0.29, 0.717) is 6.04 Å². The van der Waals surface area contributed by atoms with Crippen LogP contribution in [0.15, 0.2) is 18.2 Å². The SMILES string of the molecule is CCCCC(C)n1c(C(C)Cl)nc2cccc(Cl)c21. The fourth-order valence-electron chi connectivity index (χ4n) is 2.48. The van der Waals surface area contributed by atoms with Crippen LogP contribution in [-0.2, 0) is 0 Å². The number of nitrogens with zero attached hydrogens (tertiary/aromatic N) is 2. The smallest absolute Gasteiger partial charge is 0.128 e. The van der Waals surface area contributed by atoms with Crippen LogP contribution < -0.4 is 0 Å². The Hall–Kier alpha value is -0.730. The summed E-state index contributed by atoms with van der Waals surface area (Å²) in [5.74, 6) is 0.911. The second kappa shape index (κ2) is 6.15. The van der Waals surface area contributed by atoms with E-state index in [2.05, 4.69) is 23.4 Å². The van der Waals surface area contributed by atoms with Gasteiger partial charge in [-0.25, -0.2) is 4.98 Å². The maximum absolute atomic E-state index is 6.35. The lowest BCUT2D eigenvalue weighted by molar-refractivity contribution is 0.480. The average molecular weight is 299 g/mol. The van der Waals surface area contributed by atoms with Gasteiger partial charge >= 0.3 is 0 Å². The summed E-state index contributed by atoms with van der Waals surface area (Å²) in [6.45, 7) is 6.37. The number of rotatable bonds is 5. The van der Waals surface area contributed by atoms with Gasteiger partial charge in [0.15, 0.2) is 0 Å². The minimum Gasteiger partial charge on any atom is -0.323 e. The average Bonchev–Trinajstić information content (AvgIpc) is 2.77. The van der Waals surface area contributed by atoms with Crippen molar-refractivity contribution in [3.8, 4) is 0 Å². The van der Waals surface area contributed by atoms with Crippen molar-refractivity contribution in [2.45, 2.75) is 51.5 Å². The molecule has 2 unspecified atom stereocenters. The molecule has 0 N–H and O–H groups in total. The molecule has 1 aromatic carbocycles. The Bertz CT molecular complexity index is 561. The third-order valence-corrected chi connectivity index (χ3v) is 3.96. The number of unbranched alkanes of at least 4 members (excludes halogenated alkanes) is 1. The van der Waals surface area contributed by atoms with Gasteiger partial charge in [-0.2, -0.15) is 0 Å². The van der Waals surface area contributed by atoms with Gasteiger partial charge in [0.25, 0.3) is 0 Å². The number of para-hydroxylation sites is 1. The number of hydrogen-bond donors (Lipinski definition) is 0. The Labute approximate surface area is 124 Å². The molecular weight excluding hydrogens is 279 g/mol. The van der Waals surface area contributed by atoms with E-state index in [1.54, 1.807) is 0 Å². The quantitative estimate of drug-likeness (QED) is 0.644. The van der Waals surface area contributed by atoms with Crippen LogP contribution in [0.3, 0.4) is 0 Å². The number of aromatic nitrogens is 2. The van der Waals surface area contributed by atoms with E-state index >= 15 is 0 Å². The van der Waals surface area contributed by atoms with Gasteiger partial charge in [0.05, 0.1) is 21.4 Å². The second-order valence-corrected chi connectivity index (χ2v) is 6.12. The predicted octanol–water partition coefficient (Wildman–Crippen LogP) is 5.74. The third kappa shape index (κ3) is 2.90. The van der Waals surface area contributed by atoms with Crippen molar-refractivity contribution in [1.82, 2.24) is 9.55 Å². The molecule has 0 radical (unpaired) electrons. The lowest BCUT2D eigenvalue weighted by Gasteiger charge is -2.18. The van der Waals surface area contributed by atoms with E-state index in [9.17, 15) is 0 Å². The van der Waals surface area contributed by atoms with Crippen LogP contribution in [0.4, 0.5) is 0 Å². The third-order valence-electron chi connectivity index (χ3n) is 3.46. The molecular formula is C15H20Cl2N2. The van der Waals surface area contributed by atoms with Crippen molar-refractivity contribution in [2.24, 2.45) is 0 Å². The normalized spacial score (nSPS) is 14.8. The van der Waals surface area contributed by atoms with E-state index in [-0.39, 0.29) is 5.38 Å². The zero-order valence-corrected chi connectivity index (χ0v) is 13.2. The van der Waals surface area contributed by atoms with Gasteiger partial charge < -0.3 is 4.57 Å². The number of benzene rings is 1. The molecule has 0 amide bonds. The Morgan fingerprint density at radius 1 is 1.32 bits per heavy atom. The van der Waals surface area contributed by atoms with E-state index in [1.165, 1.54) is 12.8 Å². The van der Waals surface area contributed by atoms with Gasteiger partial charge in [0, 0.05) is 6.04 Å². The van der Waals surface area contributed by atoms with Crippen molar-refractivity contribution >= 4 is 34.2 Å². The van der Waals surface area contributed by atoms with E-state index in [0.717, 1.165) is 28.3 Å². The molecule has 1 heterocycles. The molecule has 0 fully saturated rings. The Morgan fingerprint density at radius 3 is 2.68 bits per heavy atom. The Balaban J connectivity index is 2.57. The number of hydrogen-bond acceptors (Lipinski definition) is 1. The molecule has 19 heavy (non-hydrogen) atoms. The van der Waals surface area contributed by atoms with Crippen molar-refractivity contribution in [2.75, 3.05) is 0 Å². The first-order valence-corrected chi connectivity index (χ1v) is 7.68. The Morgan fingerprint density at radius 2 is 2.05 bits per heavy atom. The summed E-state index contributed by atoms with van der Waals surface area (Å²) in [6, 6.07) is 6.20. The van der Waals surface area contributed by atoms with E-state index < -0.39 is 0 Å². The van der Waals surface area contributed by atoms with Crippen LogP contribution in [0, 0.1) is 0 Å². The van der Waals surface area contributed by atoms with Crippen molar-refractivity contribution in [1.29, 1.82) is 0 Å². The molecule has 0 aliphatic carbocycles. The molecule has 2 rings (SSSR count). The van der Waals surface area contributed by atoms with Crippen LogP contribution >= 0.6 is 23.2 Å². The van der Waals surface area contributed by atoms with Crippen LogP contribution in [-0.4, -0.2) is 9.55 Å². The van der Waals surface area contributed by atoms with Crippen LogP contribution in [0.25, 0.3) is 11.0 Å². The lowest BCUT2D eigenvalue weighted by atomic mass is 10.1. The first-order valence-electron chi connectivity index (χ1n) is 6.86. The molecule has 4 heteroatoms. The summed E-state index contributed by atoms with van der Waals surface area (Å²) in [5.41, 5.74) is 1.94. The molecule has 0 aliphatic heterocycles. The second-order valence-electron chi connectivity index (χ2n) is 5.05. The predicted molar refractivity (Wildman–Crippen MR) is 83.2 cm³/mol. The highest BCUT2D eigenvalue weighted by atomic mass is 35.5. The monoisotopic (exact) mass is 298 g/mol. The molecule has 0 spiro atoms. The van der Waals surface area contributed by atoms with Gasteiger partial charge in [-0.3, -0.25) is 0 Å². The van der Waals surface area contributed by atoms with Gasteiger partial charge in [-0.15, -0.1) is 11.6 Å². The van der Waals surface area contributed by atoms with E-state index in [4.69, 9.17) is 23.2 Å². The summed E-state index contributed by atoms with van der Waals surface area (Å²) in [4.78, 5) is 4.65. The molecule has 0 aliphatic rings. The van der Waals surface area contributed by atoms with Crippen molar-refractivity contribution in [3.63, 3.8) is 0 Å². The maximum atomic E-state index is 6.35. The topological polar surface area (TPSA) is 17.8 Å². The zero-order chi connectivity index (χ0) is 14.0. The highest BCUT2D eigenvalue weighted by molar-refractivity contribution is 6.35. The number of halogens is 2. The van der Waals surface area contributed by atoms with Crippen molar-refractivity contribution < 1.29 is 0 Å². The largest absolute Gasteiger partial charge is 0.323 e. The lowest BCUT2D eigenvalue weighted by Crippen LogP contribution is -2.10. The molecule has 2 aromatic rings. The first kappa shape index (κ1) is 14.7. The van der Waals surface area contributed by atoms with Crippen LogP contribution in [0.2, 0.25) is 5.02 Å². The van der Waals surface area contributed by atoms with Gasteiger partial charge in [0.1, 0.15) is 5.82 Å². The highest BCUT2D eigenvalue weighted by Crippen LogP contribution is 2.33. The molecule has 0 bridgehead atoms. The summed E-state index contributed by atoms with van der Waals surface area (Å²) in [5, 5.41) is 0.629. The minimum absolute atomic E-state index is 0.118. The number of fused-ring (bicyclic) bond motifs is 1. The van der Waals surface area contributed by atoms with Gasteiger partial charge in [-0.1, -0.05) is 37.4 Å². The summed E-state index contributed by atoms with van der Waals surface area (Å²) in [7, 11) is 0. The molecule has 0 saturated carbocycles. The number of alkyl halides is 1. The molecule has 104 valence electrons. The van der Waals surface area contributed by atoms with Gasteiger partial charge in [-0.05, 0) is 32.4 Å². The van der Waals surface area contributed by atoms with E-state index in [1.807, 2.05) is 25.1 Å². The molecule has 1 aromatic heterocycles. The minimum atomic E-state index is -0.118. The van der Waals surface area contributed by atoms with Crippen LogP contribution in [0.5, 0.6) is 0 Å². The van der Waals surface area contributed by atoms with Crippen LogP contribution in [0.1, 0.15) is 57.3 Å². The summed E-state index contributed by atoms with van der Waals surface area (Å²) in [6.07, 6.45) is 3.50. The zero-order valence-electron chi connectivity index (χ0n) is 11.7. The molecule has 2 nitrogen and oxygen atoms in total. The fraction of sp³-hybridized carbons (Fsp3) is 0.533.